The van der Waals surface area contributed by atoms with E-state index in [0.717, 1.165) is 0 Å². The van der Waals surface area contributed by atoms with E-state index in [-0.39, 0.29) is 18.9 Å². The maximum atomic E-state index is 11.9. The Bertz CT molecular complexity index is 552. The fourth-order valence-electron chi connectivity index (χ4n) is 2.32. The van der Waals surface area contributed by atoms with Crippen LogP contribution in [-0.2, 0) is 9.59 Å². The predicted octanol–water partition coefficient (Wildman–Crippen LogP) is 1.16. The summed E-state index contributed by atoms with van der Waals surface area (Å²) in [6.45, 7) is 1.33. The van der Waals surface area contributed by atoms with Crippen LogP contribution in [0.2, 0.25) is 5.02 Å². The Morgan fingerprint density at radius 2 is 2.14 bits per heavy atom. The summed E-state index contributed by atoms with van der Waals surface area (Å²) >= 11 is 5.96. The van der Waals surface area contributed by atoms with Crippen molar-refractivity contribution >= 4 is 29.2 Å². The molecule has 0 radical (unpaired) electrons. The Morgan fingerprint density at radius 1 is 1.43 bits per heavy atom. The van der Waals surface area contributed by atoms with E-state index in [4.69, 9.17) is 22.4 Å². The first-order valence-electron chi connectivity index (χ1n) is 6.70. The molecule has 1 aliphatic rings. The van der Waals surface area contributed by atoms with Crippen molar-refractivity contribution in [3.63, 3.8) is 0 Å². The number of para-hydroxylation sites is 1. The predicted molar refractivity (Wildman–Crippen MR) is 80.3 cm³/mol. The lowest BCUT2D eigenvalue weighted by atomic mass is 10.0. The van der Waals surface area contributed by atoms with Crippen molar-refractivity contribution in [1.29, 1.82) is 0 Å². The molecular formula is C14H18ClN3O3. The average Bonchev–Trinajstić information content (AvgIpc) is 2.82. The number of nitrogens with zero attached hydrogens (tertiary/aromatic N) is 1. The van der Waals surface area contributed by atoms with Crippen LogP contribution in [-0.4, -0.2) is 47.1 Å². The van der Waals surface area contributed by atoms with Gasteiger partial charge in [-0.05, 0) is 18.6 Å². The Morgan fingerprint density at radius 3 is 2.76 bits per heavy atom. The summed E-state index contributed by atoms with van der Waals surface area (Å²) in [5, 5.41) is 12.3. The molecule has 1 unspecified atom stereocenters. The van der Waals surface area contributed by atoms with Gasteiger partial charge in [-0.15, -0.1) is 0 Å². The molecule has 1 heterocycles. The molecule has 4 N–H and O–H groups in total. The van der Waals surface area contributed by atoms with Crippen molar-refractivity contribution in [2.75, 3.05) is 25.0 Å². The Hall–Kier alpha value is -1.63. The number of aliphatic carboxylic acids is 1. The normalized spacial score (nSPS) is 22.2. The number of nitrogens with two attached hydrogens (primary N) is 1. The highest BCUT2D eigenvalue weighted by atomic mass is 35.5. The van der Waals surface area contributed by atoms with Crippen molar-refractivity contribution in [3.05, 3.63) is 29.3 Å². The number of nitrogens with one attached hydrogen (secondary N) is 1. The fraction of sp³-hybridized carbons (Fsp3) is 0.429. The summed E-state index contributed by atoms with van der Waals surface area (Å²) in [6, 6.07) is 7.01. The lowest BCUT2D eigenvalue weighted by molar-refractivity contribution is -0.142. The molecule has 7 heteroatoms. The number of hydrogen-bond donors (Lipinski definition) is 3. The number of hydrogen-bond acceptors (Lipinski definition) is 4. The lowest BCUT2D eigenvalue weighted by Gasteiger charge is -2.19. The van der Waals surface area contributed by atoms with Crippen LogP contribution in [0.4, 0.5) is 5.69 Å². The summed E-state index contributed by atoms with van der Waals surface area (Å²) in [7, 11) is 0. The van der Waals surface area contributed by atoms with Crippen molar-refractivity contribution in [3.8, 4) is 0 Å². The molecule has 1 amide bonds. The summed E-state index contributed by atoms with van der Waals surface area (Å²) in [4.78, 5) is 24.8. The van der Waals surface area contributed by atoms with Crippen LogP contribution in [0.5, 0.6) is 0 Å². The number of amides is 1. The van der Waals surface area contributed by atoms with E-state index in [1.807, 2.05) is 4.90 Å². The minimum atomic E-state index is -1.20. The summed E-state index contributed by atoms with van der Waals surface area (Å²) in [5.41, 5.74) is 5.16. The molecular weight excluding hydrogens is 294 g/mol. The zero-order valence-corrected chi connectivity index (χ0v) is 12.3. The van der Waals surface area contributed by atoms with Gasteiger partial charge in [0, 0.05) is 26.1 Å². The SMILES string of the molecule is NC1(C(=O)O)CCN(CCC(=O)Nc2ccccc2Cl)C1. The third-order valence-corrected chi connectivity index (χ3v) is 3.94. The number of carboxylic acid groups (broad SMARTS) is 1. The number of carboxylic acids is 1. The van der Waals surface area contributed by atoms with Crippen LogP contribution < -0.4 is 11.1 Å². The van der Waals surface area contributed by atoms with E-state index in [2.05, 4.69) is 5.32 Å². The van der Waals surface area contributed by atoms with Gasteiger partial charge in [-0.3, -0.25) is 9.59 Å². The largest absolute Gasteiger partial charge is 0.480 e. The maximum absolute atomic E-state index is 11.9. The van der Waals surface area contributed by atoms with Crippen LogP contribution in [0.3, 0.4) is 0 Å². The van der Waals surface area contributed by atoms with Gasteiger partial charge in [0.05, 0.1) is 10.7 Å². The van der Waals surface area contributed by atoms with E-state index in [9.17, 15) is 9.59 Å². The summed E-state index contributed by atoms with van der Waals surface area (Å²) < 4.78 is 0. The van der Waals surface area contributed by atoms with Crippen LogP contribution in [0.1, 0.15) is 12.8 Å². The molecule has 1 atom stereocenters. The number of halogens is 1. The van der Waals surface area contributed by atoms with Crippen molar-refractivity contribution < 1.29 is 14.7 Å². The highest BCUT2D eigenvalue weighted by molar-refractivity contribution is 6.33. The maximum Gasteiger partial charge on any atom is 0.325 e. The zero-order valence-electron chi connectivity index (χ0n) is 11.5. The number of likely N-dealkylation sites (tertiary alicyclic amines) is 1. The topological polar surface area (TPSA) is 95.7 Å². The first kappa shape index (κ1) is 15.8. The monoisotopic (exact) mass is 311 g/mol. The Balaban J connectivity index is 1.81. The molecule has 21 heavy (non-hydrogen) atoms. The number of carbonyl (C=O) groups is 2. The molecule has 0 bridgehead atoms. The molecule has 114 valence electrons. The van der Waals surface area contributed by atoms with Gasteiger partial charge in [-0.1, -0.05) is 23.7 Å². The number of anilines is 1. The molecule has 6 nitrogen and oxygen atoms in total. The van der Waals surface area contributed by atoms with Gasteiger partial charge < -0.3 is 21.1 Å². The van der Waals surface area contributed by atoms with E-state index >= 15 is 0 Å². The Kier molecular flexibility index (Phi) is 4.82. The fourth-order valence-corrected chi connectivity index (χ4v) is 2.50. The first-order valence-corrected chi connectivity index (χ1v) is 7.07. The highest BCUT2D eigenvalue weighted by Crippen LogP contribution is 2.21. The van der Waals surface area contributed by atoms with Crippen molar-refractivity contribution in [2.45, 2.75) is 18.4 Å². The molecule has 0 aliphatic carbocycles. The molecule has 1 fully saturated rings. The van der Waals surface area contributed by atoms with Gasteiger partial charge in [-0.2, -0.15) is 0 Å². The van der Waals surface area contributed by atoms with E-state index < -0.39 is 11.5 Å². The molecule has 1 aromatic carbocycles. The molecule has 1 aromatic rings. The van der Waals surface area contributed by atoms with Gasteiger partial charge in [0.15, 0.2) is 0 Å². The van der Waals surface area contributed by atoms with E-state index in [1.165, 1.54) is 0 Å². The standard InChI is InChI=1S/C14H18ClN3O3/c15-10-3-1-2-4-11(10)17-12(19)5-7-18-8-6-14(16,9-18)13(20)21/h1-4H,5-9,16H2,(H,17,19)(H,20,21). The molecule has 0 spiro atoms. The molecule has 1 aliphatic heterocycles. The number of rotatable bonds is 5. The quantitative estimate of drug-likeness (QED) is 0.758. The third kappa shape index (κ3) is 3.93. The first-order chi connectivity index (χ1) is 9.90. The van der Waals surface area contributed by atoms with E-state index in [0.29, 0.717) is 30.2 Å². The van der Waals surface area contributed by atoms with Crippen molar-refractivity contribution in [1.82, 2.24) is 4.90 Å². The van der Waals surface area contributed by atoms with Gasteiger partial charge in [-0.25, -0.2) is 0 Å². The molecule has 0 aromatic heterocycles. The second-order valence-corrected chi connectivity index (χ2v) is 5.67. The van der Waals surface area contributed by atoms with Crippen LogP contribution in [0, 0.1) is 0 Å². The minimum Gasteiger partial charge on any atom is -0.480 e. The van der Waals surface area contributed by atoms with Gasteiger partial charge >= 0.3 is 5.97 Å². The molecule has 0 saturated carbocycles. The van der Waals surface area contributed by atoms with Gasteiger partial charge in [0.2, 0.25) is 5.91 Å². The van der Waals surface area contributed by atoms with Crippen LogP contribution in [0.25, 0.3) is 0 Å². The number of carbonyl (C=O) groups excluding carboxylic acids is 1. The van der Waals surface area contributed by atoms with Crippen LogP contribution in [0.15, 0.2) is 24.3 Å². The third-order valence-electron chi connectivity index (χ3n) is 3.61. The lowest BCUT2D eigenvalue weighted by Crippen LogP contribution is -2.50. The Labute approximate surface area is 127 Å². The molecule has 2 rings (SSSR count). The number of benzene rings is 1. The van der Waals surface area contributed by atoms with Crippen molar-refractivity contribution in [2.24, 2.45) is 5.73 Å². The zero-order chi connectivity index (χ0) is 15.5. The molecule has 1 saturated heterocycles. The smallest absolute Gasteiger partial charge is 0.325 e. The van der Waals surface area contributed by atoms with Crippen LogP contribution >= 0.6 is 11.6 Å². The second-order valence-electron chi connectivity index (χ2n) is 5.27. The summed E-state index contributed by atoms with van der Waals surface area (Å²) in [6.07, 6.45) is 0.662. The summed E-state index contributed by atoms with van der Waals surface area (Å²) in [5.74, 6) is -1.15. The second kappa shape index (κ2) is 6.43. The van der Waals surface area contributed by atoms with Gasteiger partial charge in [0.25, 0.3) is 0 Å². The van der Waals surface area contributed by atoms with E-state index in [1.54, 1.807) is 24.3 Å². The van der Waals surface area contributed by atoms with Gasteiger partial charge in [0.1, 0.15) is 5.54 Å². The highest BCUT2D eigenvalue weighted by Gasteiger charge is 2.40. The average molecular weight is 312 g/mol. The minimum absolute atomic E-state index is 0.159.